The number of sulfone groups is 1. The van der Waals surface area contributed by atoms with E-state index in [1.165, 1.54) is 9.30 Å². The summed E-state index contributed by atoms with van der Waals surface area (Å²) in [6, 6.07) is 3.31. The molecule has 0 radical (unpaired) electrons. The molecule has 0 saturated carbocycles. The lowest BCUT2D eigenvalue weighted by molar-refractivity contribution is -0.123. The first-order valence-electron chi connectivity index (χ1n) is 11.5. The maximum Gasteiger partial charge on any atom is 0.267 e. The number of aryl methyl sites for hydroxylation is 1. The Balaban J connectivity index is 1.60. The van der Waals surface area contributed by atoms with Gasteiger partial charge >= 0.3 is 0 Å². The van der Waals surface area contributed by atoms with E-state index >= 15 is 0 Å². The fourth-order valence-electron chi connectivity index (χ4n) is 4.80. The third-order valence-electron chi connectivity index (χ3n) is 6.56. The zero-order valence-electron chi connectivity index (χ0n) is 18.9. The summed E-state index contributed by atoms with van der Waals surface area (Å²) in [6.07, 6.45) is 8.05. The van der Waals surface area contributed by atoms with Crippen LogP contribution in [-0.4, -0.2) is 63.6 Å². The molecule has 0 bridgehead atoms. The van der Waals surface area contributed by atoms with E-state index < -0.39 is 15.9 Å². The van der Waals surface area contributed by atoms with Crippen molar-refractivity contribution >= 4 is 61.6 Å². The lowest BCUT2D eigenvalue weighted by atomic mass is 10.2. The van der Waals surface area contributed by atoms with Crippen LogP contribution in [0.2, 0.25) is 0 Å². The van der Waals surface area contributed by atoms with E-state index in [-0.39, 0.29) is 23.0 Å². The van der Waals surface area contributed by atoms with Gasteiger partial charge < -0.3 is 4.90 Å². The molecule has 2 aromatic heterocycles. The maximum atomic E-state index is 13.6. The standard InChI is InChI=1S/C23H26N4O4S3/c1-15-6-7-19-24-20(25-9-4-2-3-5-10-25)17(21(28)26(19)13-15)12-18-22(29)27(23(32)33-18)16-8-11-34(30,31)14-16/h6-7,12-13,16H,2-5,8-11,14H2,1H3. The van der Waals surface area contributed by atoms with Crippen molar-refractivity contribution in [2.24, 2.45) is 0 Å². The van der Waals surface area contributed by atoms with Crippen molar-refractivity contribution in [3.8, 4) is 0 Å². The van der Waals surface area contributed by atoms with Crippen LogP contribution >= 0.6 is 24.0 Å². The minimum absolute atomic E-state index is 0.0577. The van der Waals surface area contributed by atoms with Crippen molar-refractivity contribution in [1.82, 2.24) is 14.3 Å². The van der Waals surface area contributed by atoms with Crippen molar-refractivity contribution in [3.05, 3.63) is 44.7 Å². The minimum atomic E-state index is -3.17. The lowest BCUT2D eigenvalue weighted by Gasteiger charge is -2.24. The second-order valence-electron chi connectivity index (χ2n) is 9.10. The molecule has 5 heterocycles. The van der Waals surface area contributed by atoms with Gasteiger partial charge in [-0.1, -0.05) is 42.9 Å². The van der Waals surface area contributed by atoms with Gasteiger partial charge in [0.2, 0.25) is 0 Å². The number of carbonyl (C=O) groups is 1. The number of anilines is 1. The molecular formula is C23H26N4O4S3. The lowest BCUT2D eigenvalue weighted by Crippen LogP contribution is -2.39. The fourth-order valence-corrected chi connectivity index (χ4v) is 7.88. The highest BCUT2D eigenvalue weighted by atomic mass is 32.2. The monoisotopic (exact) mass is 518 g/mol. The Hall–Kier alpha value is -2.24. The van der Waals surface area contributed by atoms with Crippen molar-refractivity contribution < 1.29 is 13.2 Å². The molecule has 1 amide bonds. The van der Waals surface area contributed by atoms with Crippen molar-refractivity contribution in [3.63, 3.8) is 0 Å². The first kappa shape index (κ1) is 23.5. The summed E-state index contributed by atoms with van der Waals surface area (Å²) in [7, 11) is -3.17. The molecule has 0 aliphatic carbocycles. The SMILES string of the molecule is Cc1ccc2nc(N3CCCCCC3)c(C=C3SC(=S)N(C4CCS(=O)(=O)C4)C3=O)c(=O)n2c1. The van der Waals surface area contributed by atoms with Crippen LogP contribution in [0, 0.1) is 6.92 Å². The fraction of sp³-hybridized carbons (Fsp3) is 0.478. The van der Waals surface area contributed by atoms with Crippen molar-refractivity contribution in [2.45, 2.75) is 45.1 Å². The highest BCUT2D eigenvalue weighted by Crippen LogP contribution is 2.37. The number of nitrogens with zero attached hydrogens (tertiary/aromatic N) is 4. The van der Waals surface area contributed by atoms with Crippen LogP contribution in [0.3, 0.4) is 0 Å². The minimum Gasteiger partial charge on any atom is -0.356 e. The third-order valence-corrected chi connectivity index (χ3v) is 9.64. The van der Waals surface area contributed by atoms with E-state index in [9.17, 15) is 18.0 Å². The third kappa shape index (κ3) is 4.40. The normalized spacial score (nSPS) is 24.4. The van der Waals surface area contributed by atoms with Crippen LogP contribution < -0.4 is 10.5 Å². The summed E-state index contributed by atoms with van der Waals surface area (Å²) in [4.78, 5) is 35.7. The summed E-state index contributed by atoms with van der Waals surface area (Å²) < 4.78 is 25.8. The number of thioether (sulfide) groups is 1. The van der Waals surface area contributed by atoms with Gasteiger partial charge in [-0.3, -0.25) is 18.9 Å². The molecule has 3 aliphatic heterocycles. The van der Waals surface area contributed by atoms with Gasteiger partial charge in [-0.05, 0) is 43.9 Å². The number of carbonyl (C=O) groups excluding carboxylic acids is 1. The van der Waals surface area contributed by atoms with E-state index in [0.717, 1.165) is 56.1 Å². The average Bonchev–Trinajstić information content (AvgIpc) is 3.13. The molecule has 0 spiro atoms. The van der Waals surface area contributed by atoms with Crippen LogP contribution in [0.1, 0.15) is 43.2 Å². The predicted octanol–water partition coefficient (Wildman–Crippen LogP) is 2.77. The molecule has 0 N–H and O–H groups in total. The Kier molecular flexibility index (Phi) is 6.28. The Bertz CT molecular complexity index is 1370. The van der Waals surface area contributed by atoms with Gasteiger partial charge in [0.25, 0.3) is 11.5 Å². The number of aromatic nitrogens is 2. The molecular weight excluding hydrogens is 492 g/mol. The molecule has 180 valence electrons. The number of fused-ring (bicyclic) bond motifs is 1. The summed E-state index contributed by atoms with van der Waals surface area (Å²) >= 11 is 6.57. The van der Waals surface area contributed by atoms with E-state index in [1.54, 1.807) is 12.3 Å². The Morgan fingerprint density at radius 2 is 1.88 bits per heavy atom. The molecule has 8 nitrogen and oxygen atoms in total. The predicted molar refractivity (Wildman–Crippen MR) is 139 cm³/mol. The molecule has 1 atom stereocenters. The second kappa shape index (κ2) is 9.09. The molecule has 1 unspecified atom stereocenters. The second-order valence-corrected chi connectivity index (χ2v) is 13.0. The molecule has 0 aromatic carbocycles. The zero-order chi connectivity index (χ0) is 24.0. The highest BCUT2D eigenvalue weighted by Gasteiger charge is 2.42. The summed E-state index contributed by atoms with van der Waals surface area (Å²) in [5, 5.41) is 0. The van der Waals surface area contributed by atoms with Crippen molar-refractivity contribution in [2.75, 3.05) is 29.5 Å². The van der Waals surface area contributed by atoms with Gasteiger partial charge in [0.1, 0.15) is 15.8 Å². The first-order valence-corrected chi connectivity index (χ1v) is 14.5. The van der Waals surface area contributed by atoms with Crippen LogP contribution in [0.4, 0.5) is 5.82 Å². The highest BCUT2D eigenvalue weighted by molar-refractivity contribution is 8.26. The van der Waals surface area contributed by atoms with Gasteiger partial charge in [-0.25, -0.2) is 13.4 Å². The first-order chi connectivity index (χ1) is 16.2. The summed E-state index contributed by atoms with van der Waals surface area (Å²) in [6.45, 7) is 3.52. The Morgan fingerprint density at radius 1 is 1.15 bits per heavy atom. The van der Waals surface area contributed by atoms with Gasteiger partial charge in [-0.15, -0.1) is 0 Å². The Morgan fingerprint density at radius 3 is 2.56 bits per heavy atom. The van der Waals surface area contributed by atoms with E-state index in [4.69, 9.17) is 17.2 Å². The number of amides is 1. The molecule has 5 rings (SSSR count). The van der Waals surface area contributed by atoms with Crippen LogP contribution in [-0.2, 0) is 14.6 Å². The summed E-state index contributed by atoms with van der Waals surface area (Å²) in [5.41, 5.74) is 1.63. The van der Waals surface area contributed by atoms with E-state index in [0.29, 0.717) is 32.7 Å². The van der Waals surface area contributed by atoms with Crippen LogP contribution in [0.25, 0.3) is 11.7 Å². The zero-order valence-corrected chi connectivity index (χ0v) is 21.3. The summed E-state index contributed by atoms with van der Waals surface area (Å²) in [5.74, 6) is 0.227. The van der Waals surface area contributed by atoms with Gasteiger partial charge in [0, 0.05) is 19.3 Å². The number of pyridine rings is 1. The Labute approximate surface area is 207 Å². The van der Waals surface area contributed by atoms with Crippen molar-refractivity contribution in [1.29, 1.82) is 0 Å². The molecule has 3 saturated heterocycles. The van der Waals surface area contributed by atoms with E-state index in [1.807, 2.05) is 19.1 Å². The molecule has 11 heteroatoms. The molecule has 34 heavy (non-hydrogen) atoms. The number of hydrogen-bond donors (Lipinski definition) is 0. The van der Waals surface area contributed by atoms with E-state index in [2.05, 4.69) is 4.90 Å². The van der Waals surface area contributed by atoms with Crippen LogP contribution in [0.5, 0.6) is 0 Å². The molecule has 3 fully saturated rings. The maximum absolute atomic E-state index is 13.6. The number of thiocarbonyl (C=S) groups is 1. The number of hydrogen-bond acceptors (Lipinski definition) is 8. The number of rotatable bonds is 3. The van der Waals surface area contributed by atoms with Crippen LogP contribution in [0.15, 0.2) is 28.0 Å². The van der Waals surface area contributed by atoms with Gasteiger partial charge in [0.15, 0.2) is 9.84 Å². The molecule has 3 aliphatic rings. The average molecular weight is 519 g/mol. The topological polar surface area (TPSA) is 92.1 Å². The molecule has 2 aromatic rings. The largest absolute Gasteiger partial charge is 0.356 e. The van der Waals surface area contributed by atoms with Gasteiger partial charge in [0.05, 0.1) is 28.0 Å². The smallest absolute Gasteiger partial charge is 0.267 e. The quantitative estimate of drug-likeness (QED) is 0.453. The van der Waals surface area contributed by atoms with Gasteiger partial charge in [-0.2, -0.15) is 0 Å².